The molecule has 31 heavy (non-hydrogen) atoms. The number of aliphatic hydroxyl groups excluding tert-OH is 3. The zero-order valence-corrected chi connectivity index (χ0v) is 20.3. The van der Waals surface area contributed by atoms with E-state index in [1.165, 1.54) is 5.57 Å². The molecule has 2 fully saturated rings. The second kappa shape index (κ2) is 9.26. The Labute approximate surface area is 188 Å². The fourth-order valence-corrected chi connectivity index (χ4v) is 6.62. The smallest absolute Gasteiger partial charge is 0.186 e. The summed E-state index contributed by atoms with van der Waals surface area (Å²) in [5.41, 5.74) is 1.52. The summed E-state index contributed by atoms with van der Waals surface area (Å²) in [6, 6.07) is 0. The Morgan fingerprint density at radius 1 is 1.23 bits per heavy atom. The van der Waals surface area contributed by atoms with Crippen molar-refractivity contribution in [1.29, 1.82) is 0 Å². The predicted octanol–water partition coefficient (Wildman–Crippen LogP) is 4.21. The normalized spacial score (nSPS) is 46.0. The second-order valence-electron chi connectivity index (χ2n) is 11.3. The molecule has 2 aliphatic carbocycles. The highest BCUT2D eigenvalue weighted by atomic mass is 16.7. The van der Waals surface area contributed by atoms with Gasteiger partial charge in [-0.3, -0.25) is 0 Å². The quantitative estimate of drug-likeness (QED) is 0.544. The molecule has 1 heterocycles. The van der Waals surface area contributed by atoms with E-state index >= 15 is 0 Å². The molecular weight excluding hydrogens is 392 g/mol. The zero-order valence-electron chi connectivity index (χ0n) is 20.3. The minimum absolute atomic E-state index is 0.0903. The van der Waals surface area contributed by atoms with Crippen LogP contribution in [-0.4, -0.2) is 52.1 Å². The summed E-state index contributed by atoms with van der Waals surface area (Å²) < 4.78 is 12.3. The Kier molecular flexibility index (Phi) is 7.44. The van der Waals surface area contributed by atoms with Gasteiger partial charge in [0.25, 0.3) is 0 Å². The van der Waals surface area contributed by atoms with E-state index in [-0.39, 0.29) is 16.9 Å². The van der Waals surface area contributed by atoms with Gasteiger partial charge in [0, 0.05) is 5.41 Å². The Morgan fingerprint density at radius 3 is 2.55 bits per heavy atom. The van der Waals surface area contributed by atoms with E-state index in [4.69, 9.17) is 9.47 Å². The highest BCUT2D eigenvalue weighted by molar-refractivity contribution is 5.20. The molecule has 0 aromatic carbocycles. The van der Waals surface area contributed by atoms with Gasteiger partial charge in [-0.2, -0.15) is 0 Å². The molecule has 1 saturated heterocycles. The third-order valence-electron chi connectivity index (χ3n) is 8.83. The van der Waals surface area contributed by atoms with Crippen molar-refractivity contribution in [3.8, 4) is 0 Å². The topological polar surface area (TPSA) is 79.2 Å². The molecule has 1 aliphatic heterocycles. The maximum absolute atomic E-state index is 10.6. The second-order valence-corrected chi connectivity index (χ2v) is 11.3. The molecule has 5 nitrogen and oxygen atoms in total. The van der Waals surface area contributed by atoms with Crippen molar-refractivity contribution in [3.63, 3.8) is 0 Å². The molecule has 0 unspecified atom stereocenters. The van der Waals surface area contributed by atoms with Crippen molar-refractivity contribution in [2.45, 2.75) is 110 Å². The molecule has 0 bridgehead atoms. The van der Waals surface area contributed by atoms with Gasteiger partial charge in [-0.1, -0.05) is 45.4 Å². The molecule has 0 amide bonds. The number of ether oxygens (including phenoxy) is 2. The van der Waals surface area contributed by atoms with E-state index in [2.05, 4.69) is 47.3 Å². The van der Waals surface area contributed by atoms with Gasteiger partial charge in [0.15, 0.2) is 6.29 Å². The summed E-state index contributed by atoms with van der Waals surface area (Å²) in [6.45, 7) is 17.2. The fourth-order valence-electron chi connectivity index (χ4n) is 6.62. The van der Waals surface area contributed by atoms with Gasteiger partial charge in [-0.05, 0) is 69.1 Å². The Hall–Kier alpha value is -0.720. The van der Waals surface area contributed by atoms with E-state index in [1.54, 1.807) is 6.92 Å². The lowest BCUT2D eigenvalue weighted by Gasteiger charge is -2.60. The summed E-state index contributed by atoms with van der Waals surface area (Å²) in [5.74, 6) is 1.31. The first-order valence-corrected chi connectivity index (χ1v) is 12.1. The SMILES string of the molecule is C=C[C@@H](C)CC[C@H]1C(C)=CC[C@H]2C(C)(C)CC[C@@H](O[C@H]3O[C@H](C)[C@H](O)[C@@H](O)[C@@H]3O)[C@]12C. The lowest BCUT2D eigenvalue weighted by molar-refractivity contribution is -0.324. The molecular formula is C26H44O5. The van der Waals surface area contributed by atoms with E-state index in [0.717, 1.165) is 32.1 Å². The van der Waals surface area contributed by atoms with Crippen LogP contribution in [0.4, 0.5) is 0 Å². The van der Waals surface area contributed by atoms with Gasteiger partial charge >= 0.3 is 0 Å². The van der Waals surface area contributed by atoms with Crippen LogP contribution in [0.3, 0.4) is 0 Å². The number of rotatable bonds is 6. The van der Waals surface area contributed by atoms with Crippen LogP contribution in [0.1, 0.15) is 73.6 Å². The monoisotopic (exact) mass is 436 g/mol. The van der Waals surface area contributed by atoms with Gasteiger partial charge in [0.05, 0.1) is 12.2 Å². The van der Waals surface area contributed by atoms with Crippen LogP contribution in [0, 0.1) is 28.6 Å². The predicted molar refractivity (Wildman–Crippen MR) is 122 cm³/mol. The first-order valence-electron chi connectivity index (χ1n) is 12.1. The number of hydrogen-bond donors (Lipinski definition) is 3. The molecule has 178 valence electrons. The highest BCUT2D eigenvalue weighted by Gasteiger charge is 2.58. The first kappa shape index (κ1) is 24.9. The van der Waals surface area contributed by atoms with Crippen LogP contribution in [0.2, 0.25) is 0 Å². The minimum atomic E-state index is -1.27. The molecule has 10 atom stereocenters. The van der Waals surface area contributed by atoms with E-state index in [9.17, 15) is 15.3 Å². The molecule has 1 saturated carbocycles. The molecule has 0 aromatic heterocycles. The molecule has 0 radical (unpaired) electrons. The van der Waals surface area contributed by atoms with Crippen molar-refractivity contribution < 1.29 is 24.8 Å². The van der Waals surface area contributed by atoms with Crippen LogP contribution in [0.5, 0.6) is 0 Å². The van der Waals surface area contributed by atoms with Crippen LogP contribution in [0.25, 0.3) is 0 Å². The minimum Gasteiger partial charge on any atom is -0.388 e. The standard InChI is InChI=1S/C26H44O5/c1-8-15(2)9-11-18-16(3)10-12-19-25(5,6)14-13-20(26(18,19)7)31-24-23(29)22(28)21(27)17(4)30-24/h8,10,15,17-24,27-29H,1,9,11-14H2,2-7H3/t15-,17-,18+,19+,20-,21+,22-,23+,24-,26-/m1/s1. The molecule has 3 N–H and O–H groups in total. The van der Waals surface area contributed by atoms with E-state index < -0.39 is 30.7 Å². The highest BCUT2D eigenvalue weighted by Crippen LogP contribution is 2.61. The molecule has 0 spiro atoms. The fraction of sp³-hybridized carbons (Fsp3) is 0.846. The van der Waals surface area contributed by atoms with Crippen LogP contribution in [-0.2, 0) is 9.47 Å². The van der Waals surface area contributed by atoms with Crippen molar-refractivity contribution in [3.05, 3.63) is 24.3 Å². The van der Waals surface area contributed by atoms with Crippen LogP contribution >= 0.6 is 0 Å². The molecule has 3 aliphatic rings. The summed E-state index contributed by atoms with van der Waals surface area (Å²) in [6.07, 6.45) is 4.32. The van der Waals surface area contributed by atoms with Gasteiger partial charge in [0.2, 0.25) is 0 Å². The number of fused-ring (bicyclic) bond motifs is 1. The first-order chi connectivity index (χ1) is 14.4. The Morgan fingerprint density at radius 2 is 1.90 bits per heavy atom. The van der Waals surface area contributed by atoms with Gasteiger partial charge < -0.3 is 24.8 Å². The third-order valence-corrected chi connectivity index (χ3v) is 8.83. The van der Waals surface area contributed by atoms with Crippen LogP contribution in [0.15, 0.2) is 24.3 Å². The van der Waals surface area contributed by atoms with Crippen molar-refractivity contribution in [2.24, 2.45) is 28.6 Å². The van der Waals surface area contributed by atoms with Crippen molar-refractivity contribution in [1.82, 2.24) is 0 Å². The zero-order chi connectivity index (χ0) is 23.1. The van der Waals surface area contributed by atoms with E-state index in [1.807, 2.05) is 6.08 Å². The Bertz CT molecular complexity index is 673. The van der Waals surface area contributed by atoms with Gasteiger partial charge in [-0.15, -0.1) is 6.58 Å². The number of allylic oxidation sites excluding steroid dienone is 3. The maximum atomic E-state index is 10.6. The van der Waals surface area contributed by atoms with Crippen molar-refractivity contribution >= 4 is 0 Å². The Balaban J connectivity index is 1.90. The summed E-state index contributed by atoms with van der Waals surface area (Å²) in [5, 5.41) is 30.9. The average Bonchev–Trinajstić information content (AvgIpc) is 2.71. The summed E-state index contributed by atoms with van der Waals surface area (Å²) in [4.78, 5) is 0. The molecule has 0 aromatic rings. The van der Waals surface area contributed by atoms with E-state index in [0.29, 0.717) is 17.8 Å². The summed E-state index contributed by atoms with van der Waals surface area (Å²) in [7, 11) is 0. The largest absolute Gasteiger partial charge is 0.388 e. The molecule has 5 heteroatoms. The summed E-state index contributed by atoms with van der Waals surface area (Å²) >= 11 is 0. The lowest BCUT2D eigenvalue weighted by atomic mass is 9.47. The molecule has 3 rings (SSSR count). The third kappa shape index (κ3) is 4.54. The van der Waals surface area contributed by atoms with Crippen molar-refractivity contribution in [2.75, 3.05) is 0 Å². The van der Waals surface area contributed by atoms with Crippen LogP contribution < -0.4 is 0 Å². The average molecular weight is 437 g/mol. The number of hydrogen-bond acceptors (Lipinski definition) is 5. The maximum Gasteiger partial charge on any atom is 0.186 e. The van der Waals surface area contributed by atoms with Gasteiger partial charge in [-0.25, -0.2) is 0 Å². The lowest BCUT2D eigenvalue weighted by Crippen LogP contribution is -2.61. The van der Waals surface area contributed by atoms with Gasteiger partial charge in [0.1, 0.15) is 18.3 Å². The number of aliphatic hydroxyl groups is 3.